The summed E-state index contributed by atoms with van der Waals surface area (Å²) in [6.07, 6.45) is 0.526. The van der Waals surface area contributed by atoms with Crippen LogP contribution in [-0.4, -0.2) is 26.6 Å². The average molecular weight is 398 g/mol. The standard InChI is InChI=1S/C18H17F3N2O3S/c19-16-14-7-8-22-9-13(14)5-6-15(16)23-17(24)12-3-1-11(2-4-12)10-27(25,26)18(20)21/h1-6,18,22H,7-10H2,(H,23,24). The van der Waals surface area contributed by atoms with Gasteiger partial charge in [0.15, 0.2) is 0 Å². The molecule has 2 aromatic carbocycles. The molecule has 0 fully saturated rings. The zero-order valence-electron chi connectivity index (χ0n) is 14.1. The van der Waals surface area contributed by atoms with Gasteiger partial charge < -0.3 is 10.6 Å². The highest BCUT2D eigenvalue weighted by Crippen LogP contribution is 2.25. The van der Waals surface area contributed by atoms with Gasteiger partial charge in [-0.05, 0) is 47.9 Å². The number of hydrogen-bond donors (Lipinski definition) is 2. The molecule has 1 aliphatic rings. The van der Waals surface area contributed by atoms with E-state index in [1.165, 1.54) is 30.3 Å². The van der Waals surface area contributed by atoms with Crippen LogP contribution in [0.1, 0.15) is 27.0 Å². The Hall–Kier alpha value is -2.39. The normalized spacial score (nSPS) is 14.1. The molecule has 27 heavy (non-hydrogen) atoms. The highest BCUT2D eigenvalue weighted by atomic mass is 32.2. The number of amides is 1. The van der Waals surface area contributed by atoms with Crippen LogP contribution in [0, 0.1) is 5.82 Å². The molecule has 1 aliphatic heterocycles. The molecule has 5 nitrogen and oxygen atoms in total. The van der Waals surface area contributed by atoms with Gasteiger partial charge >= 0.3 is 5.76 Å². The number of alkyl halides is 2. The van der Waals surface area contributed by atoms with Gasteiger partial charge in [-0.2, -0.15) is 8.78 Å². The Balaban J connectivity index is 1.74. The van der Waals surface area contributed by atoms with Gasteiger partial charge in [0.1, 0.15) is 5.82 Å². The maximum Gasteiger partial charge on any atom is 0.337 e. The second-order valence-electron chi connectivity index (χ2n) is 6.21. The first kappa shape index (κ1) is 19.4. The minimum absolute atomic E-state index is 0.0602. The third-order valence-corrected chi connectivity index (χ3v) is 5.59. The van der Waals surface area contributed by atoms with E-state index in [0.29, 0.717) is 25.1 Å². The number of anilines is 1. The average Bonchev–Trinajstić information content (AvgIpc) is 2.64. The number of halogens is 3. The first-order valence-corrected chi connectivity index (χ1v) is 9.90. The molecule has 3 rings (SSSR count). The minimum atomic E-state index is -4.54. The number of sulfone groups is 1. The summed E-state index contributed by atoms with van der Waals surface area (Å²) in [6.45, 7) is 1.23. The number of nitrogens with one attached hydrogen (secondary N) is 2. The molecule has 0 bridgehead atoms. The molecule has 9 heteroatoms. The van der Waals surface area contributed by atoms with Gasteiger partial charge in [-0.1, -0.05) is 18.2 Å². The number of rotatable bonds is 5. The molecule has 0 unspecified atom stereocenters. The van der Waals surface area contributed by atoms with Crippen molar-refractivity contribution in [3.8, 4) is 0 Å². The third kappa shape index (κ3) is 4.30. The van der Waals surface area contributed by atoms with Crippen molar-refractivity contribution in [2.45, 2.75) is 24.5 Å². The summed E-state index contributed by atoms with van der Waals surface area (Å²) >= 11 is 0. The van der Waals surface area contributed by atoms with Crippen LogP contribution in [0.4, 0.5) is 18.9 Å². The predicted molar refractivity (Wildman–Crippen MR) is 94.8 cm³/mol. The Morgan fingerprint density at radius 2 is 1.85 bits per heavy atom. The predicted octanol–water partition coefficient (Wildman–Crippen LogP) is 2.86. The first-order chi connectivity index (χ1) is 12.8. The molecule has 0 aliphatic carbocycles. The highest BCUT2D eigenvalue weighted by Gasteiger charge is 2.24. The van der Waals surface area contributed by atoms with Crippen molar-refractivity contribution in [2.24, 2.45) is 0 Å². The van der Waals surface area contributed by atoms with E-state index in [1.807, 2.05) is 0 Å². The topological polar surface area (TPSA) is 75.3 Å². The summed E-state index contributed by atoms with van der Waals surface area (Å²) in [5, 5.41) is 5.63. The van der Waals surface area contributed by atoms with Gasteiger partial charge in [-0.25, -0.2) is 12.8 Å². The molecule has 0 radical (unpaired) electrons. The molecule has 0 saturated carbocycles. The van der Waals surface area contributed by atoms with Gasteiger partial charge in [0, 0.05) is 12.1 Å². The van der Waals surface area contributed by atoms with E-state index < -0.39 is 33.1 Å². The maximum atomic E-state index is 14.6. The van der Waals surface area contributed by atoms with Gasteiger partial charge in [-0.3, -0.25) is 4.79 Å². The van der Waals surface area contributed by atoms with Crippen molar-refractivity contribution in [3.63, 3.8) is 0 Å². The molecular weight excluding hydrogens is 381 g/mol. The van der Waals surface area contributed by atoms with Crippen molar-refractivity contribution in [3.05, 3.63) is 64.5 Å². The lowest BCUT2D eigenvalue weighted by Crippen LogP contribution is -2.25. The van der Waals surface area contributed by atoms with E-state index in [-0.39, 0.29) is 16.8 Å². The summed E-state index contributed by atoms with van der Waals surface area (Å²) in [5.41, 5.74) is 1.77. The third-order valence-electron chi connectivity index (χ3n) is 4.31. The van der Waals surface area contributed by atoms with Crippen molar-refractivity contribution in [2.75, 3.05) is 11.9 Å². The Kier molecular flexibility index (Phi) is 5.52. The van der Waals surface area contributed by atoms with E-state index in [9.17, 15) is 26.4 Å². The molecule has 0 spiro atoms. The molecule has 2 N–H and O–H groups in total. The lowest BCUT2D eigenvalue weighted by Gasteiger charge is -2.19. The van der Waals surface area contributed by atoms with E-state index in [4.69, 9.17) is 0 Å². The second-order valence-corrected chi connectivity index (χ2v) is 8.18. The zero-order valence-corrected chi connectivity index (χ0v) is 15.0. The monoisotopic (exact) mass is 398 g/mol. The fourth-order valence-corrected chi connectivity index (χ4v) is 3.66. The van der Waals surface area contributed by atoms with Gasteiger partial charge in [0.2, 0.25) is 9.84 Å². The Labute approximate surface area is 154 Å². The van der Waals surface area contributed by atoms with Crippen LogP contribution >= 0.6 is 0 Å². The number of carbonyl (C=O) groups excluding carboxylic acids is 1. The molecule has 0 saturated heterocycles. The quantitative estimate of drug-likeness (QED) is 0.812. The lowest BCUT2D eigenvalue weighted by molar-refractivity contribution is 0.102. The largest absolute Gasteiger partial charge is 0.337 e. The van der Waals surface area contributed by atoms with E-state index in [0.717, 1.165) is 5.56 Å². The van der Waals surface area contributed by atoms with Gasteiger partial charge in [0.25, 0.3) is 5.91 Å². The van der Waals surface area contributed by atoms with Crippen LogP contribution in [0.15, 0.2) is 36.4 Å². The maximum absolute atomic E-state index is 14.6. The van der Waals surface area contributed by atoms with E-state index >= 15 is 0 Å². The number of benzene rings is 2. The molecule has 0 atom stereocenters. The van der Waals surface area contributed by atoms with Crippen molar-refractivity contribution in [1.29, 1.82) is 0 Å². The molecule has 2 aromatic rings. The summed E-state index contributed by atoms with van der Waals surface area (Å²) in [5.74, 6) is -5.32. The second kappa shape index (κ2) is 7.69. The molecule has 144 valence electrons. The zero-order chi connectivity index (χ0) is 19.6. The fourth-order valence-electron chi connectivity index (χ4n) is 2.87. The highest BCUT2D eigenvalue weighted by molar-refractivity contribution is 7.90. The summed E-state index contributed by atoms with van der Waals surface area (Å²) < 4.78 is 61.9. The Bertz CT molecular complexity index is 961. The molecule has 1 amide bonds. The van der Waals surface area contributed by atoms with Crippen LogP contribution in [0.25, 0.3) is 0 Å². The van der Waals surface area contributed by atoms with Crippen molar-refractivity contribution in [1.82, 2.24) is 5.32 Å². The number of carbonyl (C=O) groups is 1. The van der Waals surface area contributed by atoms with E-state index in [1.54, 1.807) is 6.07 Å². The van der Waals surface area contributed by atoms with Crippen LogP contribution in [-0.2, 0) is 28.6 Å². The van der Waals surface area contributed by atoms with Crippen LogP contribution in [0.3, 0.4) is 0 Å². The minimum Gasteiger partial charge on any atom is -0.319 e. The van der Waals surface area contributed by atoms with Crippen LogP contribution in [0.2, 0.25) is 0 Å². The first-order valence-electron chi connectivity index (χ1n) is 8.19. The Morgan fingerprint density at radius 1 is 1.15 bits per heavy atom. The SMILES string of the molecule is O=C(Nc1ccc2c(c1F)CCNC2)c1ccc(CS(=O)(=O)C(F)F)cc1. The van der Waals surface area contributed by atoms with Crippen molar-refractivity contribution >= 4 is 21.4 Å². The number of fused-ring (bicyclic) bond motifs is 1. The lowest BCUT2D eigenvalue weighted by atomic mass is 9.99. The number of hydrogen-bond acceptors (Lipinski definition) is 4. The van der Waals surface area contributed by atoms with Crippen molar-refractivity contribution < 1.29 is 26.4 Å². The summed E-state index contributed by atoms with van der Waals surface area (Å²) in [4.78, 5) is 12.3. The molecular formula is C18H17F3N2O3S. The molecule has 1 heterocycles. The Morgan fingerprint density at radius 3 is 2.52 bits per heavy atom. The summed E-state index contributed by atoms with van der Waals surface area (Å²) in [7, 11) is -4.54. The fraction of sp³-hybridized carbons (Fsp3) is 0.278. The van der Waals surface area contributed by atoms with E-state index in [2.05, 4.69) is 10.6 Å². The van der Waals surface area contributed by atoms with Crippen LogP contribution in [0.5, 0.6) is 0 Å². The van der Waals surface area contributed by atoms with Gasteiger partial charge in [0.05, 0.1) is 11.4 Å². The van der Waals surface area contributed by atoms with Gasteiger partial charge in [-0.15, -0.1) is 0 Å². The summed E-state index contributed by atoms with van der Waals surface area (Å²) in [6, 6.07) is 8.42. The molecule has 0 aromatic heterocycles. The van der Waals surface area contributed by atoms with Crippen LogP contribution < -0.4 is 10.6 Å². The smallest absolute Gasteiger partial charge is 0.319 e.